The number of aromatic nitrogens is 1. The lowest BCUT2D eigenvalue weighted by Crippen LogP contribution is -2.08. The third-order valence-corrected chi connectivity index (χ3v) is 3.72. The average molecular weight is 306 g/mol. The quantitative estimate of drug-likeness (QED) is 0.758. The molecule has 0 radical (unpaired) electrons. The van der Waals surface area contributed by atoms with Crippen LogP contribution in [0, 0.1) is 5.82 Å². The molecule has 1 heterocycles. The van der Waals surface area contributed by atoms with E-state index in [1.54, 1.807) is 12.3 Å². The second kappa shape index (κ2) is 5.75. The molecule has 2 aromatic rings. The summed E-state index contributed by atoms with van der Waals surface area (Å²) in [7, 11) is -1.36. The van der Waals surface area contributed by atoms with Crippen molar-refractivity contribution in [3.05, 3.63) is 41.8 Å². The molecule has 0 amide bonds. The number of nitrogens with zero attached hydrogens (tertiary/aromatic N) is 1. The largest absolute Gasteiger partial charge is 0.397 e. The molecule has 0 bridgehead atoms. The van der Waals surface area contributed by atoms with Crippen molar-refractivity contribution in [1.82, 2.24) is 9.71 Å². The Morgan fingerprint density at radius 1 is 1.29 bits per heavy atom. The van der Waals surface area contributed by atoms with Crippen molar-refractivity contribution in [2.24, 2.45) is 0 Å². The van der Waals surface area contributed by atoms with Crippen LogP contribution in [0.4, 0.5) is 15.8 Å². The maximum atomic E-state index is 13.8. The van der Waals surface area contributed by atoms with Gasteiger partial charge in [0.1, 0.15) is 5.82 Å². The smallest absolute Gasteiger partial charge is 0.124 e. The van der Waals surface area contributed by atoms with E-state index in [0.29, 0.717) is 29.2 Å². The van der Waals surface area contributed by atoms with Gasteiger partial charge < -0.3 is 11.5 Å². The lowest BCUT2D eigenvalue weighted by atomic mass is 10.1. The highest BCUT2D eigenvalue weighted by atomic mass is 32.2. The Hall–Kier alpha value is -2.05. The van der Waals surface area contributed by atoms with E-state index in [1.807, 2.05) is 12.3 Å². The Morgan fingerprint density at radius 3 is 2.67 bits per heavy atom. The third-order valence-electron chi connectivity index (χ3n) is 2.88. The van der Waals surface area contributed by atoms with Crippen molar-refractivity contribution < 1.29 is 4.39 Å². The molecule has 6 heteroatoms. The molecule has 0 aliphatic carbocycles. The second-order valence-corrected chi connectivity index (χ2v) is 7.94. The Kier molecular flexibility index (Phi) is 4.20. The average Bonchev–Trinajstić information content (AvgIpc) is 2.38. The molecular weight excluding hydrogens is 287 g/mol. The second-order valence-electron chi connectivity index (χ2n) is 5.11. The predicted molar refractivity (Wildman–Crippen MR) is 93.1 cm³/mol. The third kappa shape index (κ3) is 3.96. The zero-order valence-electron chi connectivity index (χ0n) is 11.9. The van der Waals surface area contributed by atoms with Crippen LogP contribution in [0.1, 0.15) is 5.56 Å². The molecule has 4 nitrogen and oxygen atoms in total. The van der Waals surface area contributed by atoms with Crippen LogP contribution in [0.5, 0.6) is 0 Å². The van der Waals surface area contributed by atoms with E-state index in [2.05, 4.69) is 21.4 Å². The zero-order chi connectivity index (χ0) is 15.6. The van der Waals surface area contributed by atoms with Gasteiger partial charge in [0.15, 0.2) is 0 Å². The molecule has 0 saturated heterocycles. The molecule has 0 atom stereocenters. The van der Waals surface area contributed by atoms with Crippen molar-refractivity contribution in [2.45, 2.75) is 6.54 Å². The van der Waals surface area contributed by atoms with Crippen LogP contribution in [0.25, 0.3) is 11.3 Å². The van der Waals surface area contributed by atoms with Crippen LogP contribution in [0.15, 0.2) is 30.5 Å². The van der Waals surface area contributed by atoms with Gasteiger partial charge in [0.05, 0.1) is 17.1 Å². The van der Waals surface area contributed by atoms with Gasteiger partial charge >= 0.3 is 0 Å². The molecule has 0 aliphatic rings. The minimum absolute atomic E-state index is 0.349. The highest BCUT2D eigenvalue weighted by Crippen LogP contribution is 2.29. The first-order valence-electron chi connectivity index (χ1n) is 6.25. The SMILES string of the molecule is C=S(=C)(C)NCc1cc(F)cc(-c2nccc(N)c2N)c1. The molecule has 0 aliphatic heterocycles. The molecule has 0 saturated carbocycles. The Balaban J connectivity index is 2.41. The number of nitrogens with one attached hydrogen (secondary N) is 1. The van der Waals surface area contributed by atoms with E-state index < -0.39 is 9.39 Å². The molecule has 2 rings (SSSR count). The van der Waals surface area contributed by atoms with E-state index in [1.165, 1.54) is 12.1 Å². The number of benzene rings is 1. The number of rotatable bonds is 4. The fraction of sp³-hybridized carbons (Fsp3) is 0.133. The number of pyridine rings is 1. The monoisotopic (exact) mass is 306 g/mol. The lowest BCUT2D eigenvalue weighted by Gasteiger charge is -2.12. The van der Waals surface area contributed by atoms with E-state index in [0.717, 1.165) is 5.56 Å². The van der Waals surface area contributed by atoms with Gasteiger partial charge in [-0.2, -0.15) is 9.39 Å². The predicted octanol–water partition coefficient (Wildman–Crippen LogP) is 2.36. The molecule has 5 N–H and O–H groups in total. The molecule has 21 heavy (non-hydrogen) atoms. The summed E-state index contributed by atoms with van der Waals surface area (Å²) < 4.78 is 17.0. The topological polar surface area (TPSA) is 77.0 Å². The normalized spacial score (nSPS) is 11.5. The van der Waals surface area contributed by atoms with E-state index in [4.69, 9.17) is 11.5 Å². The summed E-state index contributed by atoms with van der Waals surface area (Å²) in [4.78, 5) is 4.19. The summed E-state index contributed by atoms with van der Waals surface area (Å²) in [6.45, 7) is 0.478. The zero-order valence-corrected chi connectivity index (χ0v) is 12.7. The Morgan fingerprint density at radius 2 is 2.00 bits per heavy atom. The molecule has 0 fully saturated rings. The van der Waals surface area contributed by atoms with Gasteiger partial charge in [-0.3, -0.25) is 9.71 Å². The summed E-state index contributed by atoms with van der Waals surface area (Å²) >= 11 is 0. The molecule has 1 aromatic heterocycles. The minimum atomic E-state index is -1.36. The van der Waals surface area contributed by atoms with Gasteiger partial charge in [0.2, 0.25) is 0 Å². The Bertz CT molecular complexity index is 769. The fourth-order valence-electron chi connectivity index (χ4n) is 1.86. The molecule has 112 valence electrons. The van der Waals surface area contributed by atoms with E-state index in [-0.39, 0.29) is 5.82 Å². The van der Waals surface area contributed by atoms with E-state index >= 15 is 0 Å². The summed E-state index contributed by atoms with van der Waals surface area (Å²) in [5, 5.41) is 0. The van der Waals surface area contributed by atoms with Gasteiger partial charge in [-0.05, 0) is 36.1 Å². The molecular formula is C15H19FN4S. The molecule has 1 aromatic carbocycles. The molecule has 0 spiro atoms. The van der Waals surface area contributed by atoms with Gasteiger partial charge in [0.25, 0.3) is 0 Å². The number of hydrogen-bond acceptors (Lipinski definition) is 4. The van der Waals surface area contributed by atoms with Crippen LogP contribution in [-0.4, -0.2) is 23.0 Å². The van der Waals surface area contributed by atoms with Gasteiger partial charge in [-0.15, -0.1) is 0 Å². The van der Waals surface area contributed by atoms with Crippen molar-refractivity contribution in [3.63, 3.8) is 0 Å². The van der Waals surface area contributed by atoms with E-state index in [9.17, 15) is 4.39 Å². The Labute approximate surface area is 124 Å². The highest BCUT2D eigenvalue weighted by Gasteiger charge is 2.09. The van der Waals surface area contributed by atoms with Crippen LogP contribution in [0.3, 0.4) is 0 Å². The van der Waals surface area contributed by atoms with Crippen LogP contribution < -0.4 is 16.2 Å². The van der Waals surface area contributed by atoms with Crippen molar-refractivity contribution in [3.8, 4) is 11.3 Å². The first-order chi connectivity index (χ1) is 9.76. The van der Waals surface area contributed by atoms with Gasteiger partial charge in [-0.1, -0.05) is 11.7 Å². The van der Waals surface area contributed by atoms with Crippen molar-refractivity contribution in [1.29, 1.82) is 0 Å². The highest BCUT2D eigenvalue weighted by molar-refractivity contribution is 8.25. The van der Waals surface area contributed by atoms with Crippen molar-refractivity contribution >= 4 is 32.5 Å². The number of nitrogens with two attached hydrogens (primary N) is 2. The van der Waals surface area contributed by atoms with Crippen molar-refractivity contribution in [2.75, 3.05) is 17.7 Å². The maximum absolute atomic E-state index is 13.8. The maximum Gasteiger partial charge on any atom is 0.124 e. The lowest BCUT2D eigenvalue weighted by molar-refractivity contribution is 0.625. The van der Waals surface area contributed by atoms with Crippen LogP contribution in [-0.2, 0) is 6.54 Å². The number of halogens is 1. The number of hydrogen-bond donors (Lipinski definition) is 3. The first kappa shape index (κ1) is 15.3. The summed E-state index contributed by atoms with van der Waals surface area (Å²) in [6.07, 6.45) is 3.47. The first-order valence-corrected chi connectivity index (χ1v) is 8.63. The van der Waals surface area contributed by atoms with Crippen LogP contribution >= 0.6 is 9.39 Å². The summed E-state index contributed by atoms with van der Waals surface area (Å²) in [6, 6.07) is 6.30. The van der Waals surface area contributed by atoms with Gasteiger partial charge in [0, 0.05) is 18.3 Å². The number of nitrogen functional groups attached to an aromatic ring is 2. The summed E-state index contributed by atoms with van der Waals surface area (Å²) in [5.41, 5.74) is 14.3. The van der Waals surface area contributed by atoms with Gasteiger partial charge in [-0.25, -0.2) is 4.39 Å². The van der Waals surface area contributed by atoms with Crippen LogP contribution in [0.2, 0.25) is 0 Å². The molecule has 0 unspecified atom stereocenters. The fourth-order valence-corrected chi connectivity index (χ4v) is 2.38. The summed E-state index contributed by atoms with van der Waals surface area (Å²) in [5.74, 6) is 7.52. The standard InChI is InChI=1S/C15H19FN4S/c1-21(2,3)20-9-10-6-11(8-12(16)7-10)15-14(18)13(17)4-5-19-15/h4-8,20H,1-2,9,18H2,3H3,(H2,17,19). The number of anilines is 2. The minimum Gasteiger partial charge on any atom is -0.397 e.